The number of fused-ring (bicyclic) bond motifs is 4. The van der Waals surface area contributed by atoms with Crippen LogP contribution in [0.15, 0.2) is 182 Å². The minimum absolute atomic E-state index is 0.0270. The predicted octanol–water partition coefficient (Wildman–Crippen LogP) is 15.0. The number of ether oxygens (including phenoxy) is 1. The first kappa shape index (κ1) is 28.3. The molecule has 2 aromatic heterocycles. The van der Waals surface area contributed by atoms with Gasteiger partial charge in [-0.15, -0.1) is 0 Å². The smallest absolute Gasteiger partial charge is 0.137 e. The van der Waals surface area contributed by atoms with Crippen molar-refractivity contribution in [3.05, 3.63) is 193 Å². The summed E-state index contributed by atoms with van der Waals surface area (Å²) < 4.78 is 87.4. The second kappa shape index (κ2) is 14.9. The molecule has 0 unspecified atom stereocenters. The second-order valence-electron chi connectivity index (χ2n) is 16.5. The highest BCUT2D eigenvalue weighted by molar-refractivity contribution is 6.09. The summed E-state index contributed by atoms with van der Waals surface area (Å²) in [6.45, 7) is 11.0. The Morgan fingerprint density at radius 2 is 1.32 bits per heavy atom. The Morgan fingerprint density at radius 3 is 2.10 bits per heavy atom. The molecular formula is C55H48N4O. The predicted molar refractivity (Wildman–Crippen MR) is 251 cm³/mol. The molecular weight excluding hydrogens is 733 g/mol. The Hall–Kier alpha value is -7.11. The van der Waals surface area contributed by atoms with Crippen molar-refractivity contribution in [2.75, 3.05) is 16.5 Å². The number of nitrogens with zero attached hydrogens (tertiary/aromatic N) is 4. The highest BCUT2D eigenvalue weighted by Crippen LogP contribution is 2.50. The molecule has 0 N–H and O–H groups in total. The topological polar surface area (TPSA) is 33.5 Å². The van der Waals surface area contributed by atoms with Gasteiger partial charge in [0.2, 0.25) is 0 Å². The van der Waals surface area contributed by atoms with E-state index >= 15 is 0 Å². The fourth-order valence-corrected chi connectivity index (χ4v) is 8.25. The summed E-state index contributed by atoms with van der Waals surface area (Å²) in [5.41, 5.74) is 7.77. The number of aromatic nitrogens is 2. The Morgan fingerprint density at radius 1 is 0.617 bits per heavy atom. The third kappa shape index (κ3) is 6.66. The van der Waals surface area contributed by atoms with Gasteiger partial charge in [0.05, 0.1) is 40.4 Å². The van der Waals surface area contributed by atoms with Gasteiger partial charge in [0.15, 0.2) is 0 Å². The average Bonchev–Trinajstić information content (AvgIpc) is 3.89. The van der Waals surface area contributed by atoms with E-state index < -0.39 is 36.3 Å². The molecule has 1 aliphatic heterocycles. The molecule has 0 bridgehead atoms. The molecule has 0 amide bonds. The largest absolute Gasteiger partial charge is 0.457 e. The van der Waals surface area contributed by atoms with Crippen LogP contribution in [0.1, 0.15) is 64.0 Å². The second-order valence-corrected chi connectivity index (χ2v) is 16.5. The van der Waals surface area contributed by atoms with Crippen LogP contribution in [0, 0.1) is 0 Å². The Kier molecular flexibility index (Phi) is 7.05. The summed E-state index contributed by atoms with van der Waals surface area (Å²) in [6, 6.07) is 35.6. The van der Waals surface area contributed by atoms with Crippen LogP contribution in [0.4, 0.5) is 22.7 Å². The van der Waals surface area contributed by atoms with E-state index in [1.54, 1.807) is 18.2 Å². The molecule has 0 aliphatic carbocycles. The molecule has 5 heteroatoms. The summed E-state index contributed by atoms with van der Waals surface area (Å²) >= 11 is 0. The van der Waals surface area contributed by atoms with E-state index in [0.29, 0.717) is 28.3 Å². The number of hydrogen-bond donors (Lipinski definition) is 0. The van der Waals surface area contributed by atoms with Crippen molar-refractivity contribution in [1.29, 1.82) is 0 Å². The molecule has 0 spiro atoms. The maximum absolute atomic E-state index is 9.07. The van der Waals surface area contributed by atoms with Crippen molar-refractivity contribution in [1.82, 2.24) is 9.55 Å². The van der Waals surface area contributed by atoms with Crippen LogP contribution in [0.5, 0.6) is 11.5 Å². The molecule has 7 aromatic carbocycles. The molecule has 294 valence electrons. The van der Waals surface area contributed by atoms with Crippen LogP contribution in [0.25, 0.3) is 49.9 Å². The van der Waals surface area contributed by atoms with Crippen LogP contribution in [-0.4, -0.2) is 16.2 Å². The summed E-state index contributed by atoms with van der Waals surface area (Å²) in [5.74, 6) is 2.18. The number of pyridine rings is 1. The quantitative estimate of drug-likeness (QED) is 0.154. The van der Waals surface area contributed by atoms with Crippen molar-refractivity contribution in [3.8, 4) is 39.6 Å². The van der Waals surface area contributed by atoms with Crippen molar-refractivity contribution < 1.29 is 17.1 Å². The molecule has 9 aromatic rings. The van der Waals surface area contributed by atoms with Gasteiger partial charge in [0.25, 0.3) is 0 Å². The Bertz CT molecular complexity index is 3530. The lowest BCUT2D eigenvalue weighted by atomic mass is 9.88. The zero-order chi connectivity index (χ0) is 48.8. The SMILES string of the molecule is [2H]c1cc(-c2cccc(-c3c([2H])c([2H])c([2H])c([2H])c3[2H])c2N2CN(c3cc(Oc4ccc5c6ccccc6n(-c6cc(C(C)(C)C)ccn6)c5c4)cc(C(C)C)c3)c3ccccc32)c([2H])c([2H])c1[2H]. The van der Waals surface area contributed by atoms with Gasteiger partial charge in [-0.25, -0.2) is 4.98 Å². The lowest BCUT2D eigenvalue weighted by Crippen LogP contribution is -2.25. The molecule has 60 heavy (non-hydrogen) atoms. The summed E-state index contributed by atoms with van der Waals surface area (Å²) in [5, 5.41) is 2.17. The van der Waals surface area contributed by atoms with Gasteiger partial charge >= 0.3 is 0 Å². The molecule has 10 rings (SSSR count). The van der Waals surface area contributed by atoms with Crippen molar-refractivity contribution in [2.24, 2.45) is 0 Å². The third-order valence-electron chi connectivity index (χ3n) is 11.3. The molecule has 0 radical (unpaired) electrons. The van der Waals surface area contributed by atoms with Gasteiger partial charge in [0.1, 0.15) is 24.0 Å². The van der Waals surface area contributed by atoms with Gasteiger partial charge < -0.3 is 14.5 Å². The van der Waals surface area contributed by atoms with Crippen LogP contribution in [0.3, 0.4) is 0 Å². The maximum Gasteiger partial charge on any atom is 0.137 e. The van der Waals surface area contributed by atoms with Crippen molar-refractivity contribution >= 4 is 44.6 Å². The van der Waals surface area contributed by atoms with E-state index in [-0.39, 0.29) is 47.3 Å². The first-order valence-corrected chi connectivity index (χ1v) is 20.2. The van der Waals surface area contributed by atoms with Crippen LogP contribution < -0.4 is 14.5 Å². The van der Waals surface area contributed by atoms with Gasteiger partial charge in [-0.3, -0.25) is 4.57 Å². The summed E-state index contributed by atoms with van der Waals surface area (Å²) in [7, 11) is 0. The van der Waals surface area contributed by atoms with Gasteiger partial charge in [0, 0.05) is 45.9 Å². The first-order valence-electron chi connectivity index (χ1n) is 24.7. The normalized spacial score (nSPS) is 14.9. The first-order chi connectivity index (χ1) is 32.9. The molecule has 0 fully saturated rings. The molecule has 5 nitrogen and oxygen atoms in total. The highest BCUT2D eigenvalue weighted by atomic mass is 16.5. The van der Waals surface area contributed by atoms with Crippen LogP contribution in [-0.2, 0) is 5.41 Å². The molecule has 0 atom stereocenters. The van der Waals surface area contributed by atoms with E-state index in [1.165, 1.54) is 11.6 Å². The third-order valence-corrected chi connectivity index (χ3v) is 11.3. The molecule has 0 saturated carbocycles. The van der Waals surface area contributed by atoms with Crippen LogP contribution >= 0.6 is 0 Å². The minimum Gasteiger partial charge on any atom is -0.457 e. The average molecular weight is 790 g/mol. The highest BCUT2D eigenvalue weighted by Gasteiger charge is 2.32. The van der Waals surface area contributed by atoms with E-state index in [2.05, 4.69) is 92.6 Å². The number of para-hydroxylation sites is 4. The number of benzene rings is 7. The van der Waals surface area contributed by atoms with Crippen molar-refractivity contribution in [3.63, 3.8) is 0 Å². The fourth-order valence-electron chi connectivity index (χ4n) is 8.25. The van der Waals surface area contributed by atoms with E-state index in [9.17, 15) is 0 Å². The molecule has 0 saturated heterocycles. The van der Waals surface area contributed by atoms with Crippen LogP contribution in [0.2, 0.25) is 0 Å². The lowest BCUT2D eigenvalue weighted by molar-refractivity contribution is 0.482. The van der Waals surface area contributed by atoms with Gasteiger partial charge in [-0.2, -0.15) is 0 Å². The molecule has 3 heterocycles. The van der Waals surface area contributed by atoms with Gasteiger partial charge in [-0.1, -0.05) is 144 Å². The zero-order valence-corrected chi connectivity index (χ0v) is 34.1. The zero-order valence-electron chi connectivity index (χ0n) is 43.1. The monoisotopic (exact) mass is 789 g/mol. The standard InChI is InChI=1S/C55H48N4O/c1-37(2)40-31-42(34-44(32-40)60-43-27-28-48-47-21-12-13-24-49(47)59(52(48)35-43)53-33-41(29-30-56-53)55(3,4)5)57-36-58(51-26-15-14-25-50(51)57)54-45(38-17-8-6-9-18-38)22-16-23-46(54)39-19-10-7-11-20-39/h6-35,37H,36H2,1-5H3/i6D,7D,8D,9D,10D,11D,17D,18D,19D. The molecule has 1 aliphatic rings. The van der Waals surface area contributed by atoms with E-state index in [4.69, 9.17) is 22.1 Å². The van der Waals surface area contributed by atoms with E-state index in [1.807, 2.05) is 59.6 Å². The number of rotatable bonds is 8. The Balaban J connectivity index is 1.12. The summed E-state index contributed by atoms with van der Waals surface area (Å²) in [4.78, 5) is 8.98. The van der Waals surface area contributed by atoms with Crippen molar-refractivity contribution in [2.45, 2.75) is 46.0 Å². The number of anilines is 4. The maximum atomic E-state index is 9.07. The van der Waals surface area contributed by atoms with E-state index in [0.717, 1.165) is 50.2 Å². The minimum atomic E-state index is -0.519. The summed E-state index contributed by atoms with van der Waals surface area (Å²) in [6.07, 6.45) is 1.87. The Labute approximate surface area is 365 Å². The fraction of sp³-hybridized carbons (Fsp3) is 0.145. The number of hydrogen-bond acceptors (Lipinski definition) is 4. The van der Waals surface area contributed by atoms with Gasteiger partial charge in [-0.05, 0) is 88.2 Å². The lowest BCUT2D eigenvalue weighted by Gasteiger charge is -2.27.